The number of rotatable bonds is 7. The zero-order valence-electron chi connectivity index (χ0n) is 20.7. The Balaban J connectivity index is 1.98. The summed E-state index contributed by atoms with van der Waals surface area (Å²) in [6.45, 7) is 15.9. The molecule has 3 atom stereocenters. The van der Waals surface area contributed by atoms with Crippen LogP contribution in [0.3, 0.4) is 0 Å². The summed E-state index contributed by atoms with van der Waals surface area (Å²) >= 11 is 0. The van der Waals surface area contributed by atoms with Crippen LogP contribution in [0.15, 0.2) is 42.5 Å². The number of ketones is 1. The molecule has 1 aliphatic carbocycles. The van der Waals surface area contributed by atoms with Gasteiger partial charge >= 0.3 is 0 Å². The maximum atomic E-state index is 13.8. The van der Waals surface area contributed by atoms with Gasteiger partial charge in [-0.1, -0.05) is 84.9 Å². The predicted octanol–water partition coefficient (Wildman–Crippen LogP) is 8.73. The van der Waals surface area contributed by atoms with Gasteiger partial charge in [0.1, 0.15) is 0 Å². The van der Waals surface area contributed by atoms with Gasteiger partial charge < -0.3 is 0 Å². The van der Waals surface area contributed by atoms with E-state index in [1.165, 1.54) is 36.8 Å². The molecular weight excluding hydrogens is 376 g/mol. The fourth-order valence-corrected chi connectivity index (χ4v) is 5.53. The van der Waals surface area contributed by atoms with Crippen molar-refractivity contribution in [3.63, 3.8) is 0 Å². The summed E-state index contributed by atoms with van der Waals surface area (Å²) in [5.74, 6) is 3.80. The van der Waals surface area contributed by atoms with Crippen molar-refractivity contribution < 1.29 is 4.79 Å². The van der Waals surface area contributed by atoms with E-state index in [1.54, 1.807) is 0 Å². The van der Waals surface area contributed by atoms with Crippen molar-refractivity contribution in [3.8, 4) is 0 Å². The zero-order valence-corrected chi connectivity index (χ0v) is 20.7. The second-order valence-electron chi connectivity index (χ2n) is 10.9. The van der Waals surface area contributed by atoms with Crippen LogP contribution in [0.4, 0.5) is 0 Å². The molecule has 0 aliphatic heterocycles. The van der Waals surface area contributed by atoms with Gasteiger partial charge in [0.05, 0.1) is 0 Å². The van der Waals surface area contributed by atoms with Gasteiger partial charge in [0.2, 0.25) is 0 Å². The summed E-state index contributed by atoms with van der Waals surface area (Å²) in [6, 6.07) is 15.0. The Labute approximate surface area is 190 Å². The first-order chi connectivity index (χ1) is 14.7. The lowest BCUT2D eigenvalue weighted by atomic mass is 9.69. The van der Waals surface area contributed by atoms with Gasteiger partial charge in [0.15, 0.2) is 5.78 Å². The SMILES string of the molecule is CC(C)C[C@H]1CC(c2ccc(C(C)C)c(C(=O)c3ccccc3C(C)C)c2)CCC1C. The highest BCUT2D eigenvalue weighted by atomic mass is 16.1. The van der Waals surface area contributed by atoms with Crippen molar-refractivity contribution in [1.82, 2.24) is 0 Å². The first-order valence-electron chi connectivity index (χ1n) is 12.5. The third kappa shape index (κ3) is 5.48. The van der Waals surface area contributed by atoms with Crippen LogP contribution in [0.25, 0.3) is 0 Å². The summed E-state index contributed by atoms with van der Waals surface area (Å²) in [5.41, 5.74) is 5.48. The molecule has 2 unspecified atom stereocenters. The molecule has 1 aliphatic rings. The Bertz CT molecular complexity index is 889. The molecule has 0 heterocycles. The Morgan fingerprint density at radius 3 is 2.16 bits per heavy atom. The summed E-state index contributed by atoms with van der Waals surface area (Å²) in [7, 11) is 0. The lowest BCUT2D eigenvalue weighted by molar-refractivity contribution is 0.103. The van der Waals surface area contributed by atoms with Gasteiger partial charge in [-0.25, -0.2) is 0 Å². The van der Waals surface area contributed by atoms with Crippen LogP contribution in [0.1, 0.15) is 125 Å². The normalized spacial score (nSPS) is 21.8. The Morgan fingerprint density at radius 1 is 0.871 bits per heavy atom. The van der Waals surface area contributed by atoms with Crippen molar-refractivity contribution in [2.24, 2.45) is 17.8 Å². The number of hydrogen-bond donors (Lipinski definition) is 0. The van der Waals surface area contributed by atoms with E-state index >= 15 is 0 Å². The molecule has 168 valence electrons. The minimum Gasteiger partial charge on any atom is -0.289 e. The molecule has 31 heavy (non-hydrogen) atoms. The highest BCUT2D eigenvalue weighted by Gasteiger charge is 2.30. The average Bonchev–Trinajstić information content (AvgIpc) is 2.74. The van der Waals surface area contributed by atoms with Crippen molar-refractivity contribution in [3.05, 3.63) is 70.3 Å². The molecule has 0 saturated heterocycles. The fraction of sp³-hybridized carbons (Fsp3) is 0.567. The third-order valence-corrected chi connectivity index (χ3v) is 7.38. The molecule has 3 rings (SSSR count). The van der Waals surface area contributed by atoms with Gasteiger partial charge in [0, 0.05) is 11.1 Å². The molecule has 0 aromatic heterocycles. The summed E-state index contributed by atoms with van der Waals surface area (Å²) in [6.07, 6.45) is 5.12. The van der Waals surface area contributed by atoms with Gasteiger partial charge in [-0.3, -0.25) is 4.79 Å². The third-order valence-electron chi connectivity index (χ3n) is 7.38. The summed E-state index contributed by atoms with van der Waals surface area (Å²) < 4.78 is 0. The van der Waals surface area contributed by atoms with Gasteiger partial charge in [-0.2, -0.15) is 0 Å². The Hall–Kier alpha value is -1.89. The molecule has 0 bridgehead atoms. The summed E-state index contributed by atoms with van der Waals surface area (Å²) in [5, 5.41) is 0. The predicted molar refractivity (Wildman–Crippen MR) is 133 cm³/mol. The quantitative estimate of drug-likeness (QED) is 0.411. The van der Waals surface area contributed by atoms with Crippen LogP contribution in [0.5, 0.6) is 0 Å². The molecule has 0 spiro atoms. The molecule has 2 aromatic rings. The van der Waals surface area contributed by atoms with Crippen molar-refractivity contribution >= 4 is 5.78 Å². The lowest BCUT2D eigenvalue weighted by Gasteiger charge is -2.36. The highest BCUT2D eigenvalue weighted by molar-refractivity contribution is 6.11. The standard InChI is InChI=1S/C30H42O/c1-19(2)16-25-17-23(13-12-22(25)7)24-14-15-27(21(5)6)29(18-24)30(31)28-11-9-8-10-26(28)20(3)4/h8-11,14-15,18-23,25H,12-13,16-17H2,1-7H3/t22?,23?,25-/m0/s1. The molecule has 1 nitrogen and oxygen atoms in total. The minimum atomic E-state index is 0.192. The number of carbonyl (C=O) groups is 1. The van der Waals surface area contributed by atoms with Gasteiger partial charge in [0.25, 0.3) is 0 Å². The van der Waals surface area contributed by atoms with Crippen LogP contribution < -0.4 is 0 Å². The maximum absolute atomic E-state index is 13.8. The number of carbonyl (C=O) groups excluding carboxylic acids is 1. The van der Waals surface area contributed by atoms with Crippen LogP contribution in [0.2, 0.25) is 0 Å². The maximum Gasteiger partial charge on any atom is 0.193 e. The van der Waals surface area contributed by atoms with E-state index in [9.17, 15) is 4.79 Å². The molecule has 0 amide bonds. The smallest absolute Gasteiger partial charge is 0.193 e. The van der Waals surface area contributed by atoms with E-state index in [4.69, 9.17) is 0 Å². The number of hydrogen-bond acceptors (Lipinski definition) is 1. The second kappa shape index (κ2) is 10.2. The largest absolute Gasteiger partial charge is 0.289 e. The second-order valence-corrected chi connectivity index (χ2v) is 10.9. The molecule has 0 radical (unpaired) electrons. The topological polar surface area (TPSA) is 17.1 Å². The summed E-state index contributed by atoms with van der Waals surface area (Å²) in [4.78, 5) is 13.8. The van der Waals surface area contributed by atoms with Gasteiger partial charge in [-0.05, 0) is 83.9 Å². The van der Waals surface area contributed by atoms with Crippen LogP contribution >= 0.6 is 0 Å². The van der Waals surface area contributed by atoms with E-state index < -0.39 is 0 Å². The Kier molecular flexibility index (Phi) is 7.78. The lowest BCUT2D eigenvalue weighted by Crippen LogP contribution is -2.23. The van der Waals surface area contributed by atoms with Gasteiger partial charge in [-0.15, -0.1) is 0 Å². The van der Waals surface area contributed by atoms with Crippen molar-refractivity contribution in [2.45, 2.75) is 91.9 Å². The van der Waals surface area contributed by atoms with Crippen LogP contribution in [-0.4, -0.2) is 5.78 Å². The molecule has 0 N–H and O–H groups in total. The first-order valence-corrected chi connectivity index (χ1v) is 12.5. The number of benzene rings is 2. The molecule has 1 heteroatoms. The van der Waals surface area contributed by atoms with Crippen molar-refractivity contribution in [2.75, 3.05) is 0 Å². The minimum absolute atomic E-state index is 0.192. The highest BCUT2D eigenvalue weighted by Crippen LogP contribution is 2.43. The first kappa shape index (κ1) is 23.8. The monoisotopic (exact) mass is 418 g/mol. The fourth-order valence-electron chi connectivity index (χ4n) is 5.53. The van der Waals surface area contributed by atoms with E-state index in [0.717, 1.165) is 34.4 Å². The molecule has 1 fully saturated rings. The van der Waals surface area contributed by atoms with Crippen LogP contribution in [0, 0.1) is 17.8 Å². The van der Waals surface area contributed by atoms with Crippen LogP contribution in [-0.2, 0) is 0 Å². The molecule has 1 saturated carbocycles. The molecule has 2 aromatic carbocycles. The van der Waals surface area contributed by atoms with Crippen molar-refractivity contribution in [1.29, 1.82) is 0 Å². The van der Waals surface area contributed by atoms with E-state index in [1.807, 2.05) is 18.2 Å². The van der Waals surface area contributed by atoms with E-state index in [2.05, 4.69) is 72.7 Å². The zero-order chi connectivity index (χ0) is 22.7. The molecular formula is C30H42O. The van der Waals surface area contributed by atoms with E-state index in [0.29, 0.717) is 17.8 Å². The average molecular weight is 419 g/mol. The Morgan fingerprint density at radius 2 is 1.52 bits per heavy atom. The van der Waals surface area contributed by atoms with E-state index in [-0.39, 0.29) is 5.78 Å².